The number of rotatable bonds is 9. The smallest absolute Gasteiger partial charge is 0.323 e. The lowest BCUT2D eigenvalue weighted by molar-refractivity contribution is -0.156. The van der Waals surface area contributed by atoms with Crippen molar-refractivity contribution in [3.05, 3.63) is 0 Å². The summed E-state index contributed by atoms with van der Waals surface area (Å²) >= 11 is 2.36. The third-order valence-electron chi connectivity index (χ3n) is 5.72. The first-order chi connectivity index (χ1) is 16.1. The van der Waals surface area contributed by atoms with Gasteiger partial charge in [-0.2, -0.15) is 0 Å². The van der Waals surface area contributed by atoms with Gasteiger partial charge in [-0.3, -0.25) is 19.2 Å². The third-order valence-corrected chi connectivity index (χ3v) is 7.51. The van der Waals surface area contributed by atoms with Crippen molar-refractivity contribution in [2.24, 2.45) is 5.73 Å². The Bertz CT molecular complexity index is 651. The largest absolute Gasteiger partial charge is 0.481 e. The molecule has 6 N–H and O–H groups in total. The Balaban J connectivity index is 0.000000284. The summed E-state index contributed by atoms with van der Waals surface area (Å²) in [6, 6.07) is 0. The Morgan fingerprint density at radius 2 is 1.44 bits per heavy atom. The van der Waals surface area contributed by atoms with E-state index in [4.69, 9.17) is 10.8 Å². The van der Waals surface area contributed by atoms with Crippen LogP contribution in [0.1, 0.15) is 64.2 Å². The summed E-state index contributed by atoms with van der Waals surface area (Å²) in [7, 11) is 0. The zero-order valence-corrected chi connectivity index (χ0v) is 21.2. The predicted octanol–water partition coefficient (Wildman–Crippen LogP) is 1.06. The first-order valence-corrected chi connectivity index (χ1v) is 13.9. The molecule has 0 spiro atoms. The van der Waals surface area contributed by atoms with Gasteiger partial charge in [0.15, 0.2) is 0 Å². The second-order valence-corrected chi connectivity index (χ2v) is 10.7. The van der Waals surface area contributed by atoms with Crippen molar-refractivity contribution in [2.75, 3.05) is 36.1 Å². The van der Waals surface area contributed by atoms with E-state index in [1.54, 1.807) is 0 Å². The Hall–Kier alpha value is -1.34. The van der Waals surface area contributed by atoms with Crippen LogP contribution in [0.5, 0.6) is 0 Å². The minimum Gasteiger partial charge on any atom is -0.481 e. The SMILES string of the molecule is NCCC1(O)CCCC1.O=C(O)CSCC(=O)NCCC1(O)CCCC1.O=C1CSCC(=O)O1. The molecule has 1 heterocycles. The molecular formula is C22H38N2O8S2. The molecule has 0 unspecified atom stereocenters. The second-order valence-electron chi connectivity index (χ2n) is 8.73. The predicted molar refractivity (Wildman–Crippen MR) is 132 cm³/mol. The minimum atomic E-state index is -0.914. The maximum atomic E-state index is 11.3. The van der Waals surface area contributed by atoms with Gasteiger partial charge >= 0.3 is 17.9 Å². The van der Waals surface area contributed by atoms with Crippen molar-refractivity contribution in [1.82, 2.24) is 5.32 Å². The highest BCUT2D eigenvalue weighted by molar-refractivity contribution is 8.00. The Kier molecular flexibility index (Phi) is 14.8. The molecule has 3 rings (SSSR count). The van der Waals surface area contributed by atoms with Crippen LogP contribution in [0, 0.1) is 0 Å². The number of amides is 1. The zero-order valence-electron chi connectivity index (χ0n) is 19.6. The average Bonchev–Trinajstić information content (AvgIpc) is 3.37. The molecule has 0 aromatic rings. The number of cyclic esters (lactones) is 2. The van der Waals surface area contributed by atoms with Crippen LogP contribution in [0.4, 0.5) is 0 Å². The fourth-order valence-corrected chi connectivity index (χ4v) is 5.07. The summed E-state index contributed by atoms with van der Waals surface area (Å²) < 4.78 is 4.19. The first kappa shape index (κ1) is 30.7. The molecule has 1 saturated heterocycles. The summed E-state index contributed by atoms with van der Waals surface area (Å²) in [5.41, 5.74) is 4.36. The highest BCUT2D eigenvalue weighted by atomic mass is 32.2. The topological polar surface area (TPSA) is 176 Å². The van der Waals surface area contributed by atoms with Crippen LogP contribution < -0.4 is 11.1 Å². The first-order valence-electron chi connectivity index (χ1n) is 11.6. The summed E-state index contributed by atoms with van der Waals surface area (Å²) in [5.74, 6) is -1.21. The van der Waals surface area contributed by atoms with Gasteiger partial charge in [-0.25, -0.2) is 0 Å². The molecule has 196 valence electrons. The molecule has 12 heteroatoms. The maximum absolute atomic E-state index is 11.3. The monoisotopic (exact) mass is 522 g/mol. The van der Waals surface area contributed by atoms with Crippen LogP contribution in [0.15, 0.2) is 0 Å². The fraction of sp³-hybridized carbons (Fsp3) is 0.818. The van der Waals surface area contributed by atoms with E-state index in [0.717, 1.165) is 56.7 Å². The molecule has 0 atom stereocenters. The van der Waals surface area contributed by atoms with E-state index in [2.05, 4.69) is 10.1 Å². The molecule has 0 radical (unpaired) electrons. The lowest BCUT2D eigenvalue weighted by Crippen LogP contribution is -2.33. The summed E-state index contributed by atoms with van der Waals surface area (Å²) in [5, 5.41) is 30.7. The van der Waals surface area contributed by atoms with E-state index < -0.39 is 23.5 Å². The lowest BCUT2D eigenvalue weighted by atomic mass is 9.98. The Labute approximate surface area is 209 Å². The van der Waals surface area contributed by atoms with Gasteiger partial charge in [-0.15, -0.1) is 23.5 Å². The zero-order chi connectivity index (χ0) is 25.5. The second kappa shape index (κ2) is 16.4. The molecule has 3 aliphatic rings. The number of hydrogen-bond acceptors (Lipinski definition) is 10. The molecule has 1 aliphatic heterocycles. The molecule has 10 nitrogen and oxygen atoms in total. The van der Waals surface area contributed by atoms with Crippen molar-refractivity contribution in [1.29, 1.82) is 0 Å². The number of carbonyl (C=O) groups excluding carboxylic acids is 3. The molecular weight excluding hydrogens is 484 g/mol. The third kappa shape index (κ3) is 14.1. The molecule has 2 saturated carbocycles. The number of aliphatic hydroxyl groups is 2. The number of nitrogens with one attached hydrogen (secondary N) is 1. The molecule has 34 heavy (non-hydrogen) atoms. The lowest BCUT2D eigenvalue weighted by Gasteiger charge is -2.21. The Morgan fingerprint density at radius 3 is 1.85 bits per heavy atom. The van der Waals surface area contributed by atoms with E-state index in [1.807, 2.05) is 0 Å². The van der Waals surface area contributed by atoms with Crippen LogP contribution in [-0.2, 0) is 23.9 Å². The number of esters is 2. The van der Waals surface area contributed by atoms with Gasteiger partial charge in [0, 0.05) is 6.54 Å². The molecule has 0 aromatic heterocycles. The van der Waals surface area contributed by atoms with Crippen molar-refractivity contribution in [3.63, 3.8) is 0 Å². The van der Waals surface area contributed by atoms with Gasteiger partial charge in [-0.1, -0.05) is 25.7 Å². The van der Waals surface area contributed by atoms with Crippen molar-refractivity contribution < 1.29 is 39.2 Å². The standard InChI is InChI=1S/C11H19NO4S.C7H15NO.C4H4O3S/c13-9(7-17-8-10(14)15)12-6-5-11(16)3-1-2-4-11;8-6-5-7(9)3-1-2-4-7;5-3-1-8-2-4(6)7-3/h16H,1-8H2,(H,12,13)(H,14,15);9H,1-6,8H2;1-2H2. The van der Waals surface area contributed by atoms with E-state index in [-0.39, 0.29) is 23.0 Å². The van der Waals surface area contributed by atoms with Crippen molar-refractivity contribution >= 4 is 47.3 Å². The minimum absolute atomic E-state index is 0.0582. The number of carboxylic acid groups (broad SMARTS) is 1. The number of ether oxygens (including phenoxy) is 1. The van der Waals surface area contributed by atoms with Crippen molar-refractivity contribution in [3.8, 4) is 0 Å². The highest BCUT2D eigenvalue weighted by Gasteiger charge is 2.30. The van der Waals surface area contributed by atoms with Gasteiger partial charge in [0.2, 0.25) is 5.91 Å². The highest BCUT2D eigenvalue weighted by Crippen LogP contribution is 2.32. The Morgan fingerprint density at radius 1 is 0.941 bits per heavy atom. The molecule has 0 bridgehead atoms. The van der Waals surface area contributed by atoms with Crippen molar-refractivity contribution in [2.45, 2.75) is 75.4 Å². The van der Waals surface area contributed by atoms with Gasteiger partial charge in [0.05, 0.1) is 34.2 Å². The van der Waals surface area contributed by atoms with E-state index in [1.165, 1.54) is 24.6 Å². The van der Waals surface area contributed by atoms with E-state index >= 15 is 0 Å². The van der Waals surface area contributed by atoms with Crippen LogP contribution in [0.2, 0.25) is 0 Å². The number of thioether (sulfide) groups is 2. The molecule has 3 fully saturated rings. The van der Waals surface area contributed by atoms with E-state index in [0.29, 0.717) is 31.0 Å². The number of carboxylic acids is 1. The van der Waals surface area contributed by atoms with Gasteiger partial charge < -0.3 is 31.1 Å². The summed E-state index contributed by atoms with van der Waals surface area (Å²) in [6.45, 7) is 1.08. The van der Waals surface area contributed by atoms with Crippen LogP contribution >= 0.6 is 23.5 Å². The number of aliphatic carboxylic acids is 1. The van der Waals surface area contributed by atoms with Gasteiger partial charge in [-0.05, 0) is 45.1 Å². The number of hydrogen-bond donors (Lipinski definition) is 5. The maximum Gasteiger partial charge on any atom is 0.323 e. The summed E-state index contributed by atoms with van der Waals surface area (Å²) in [6.07, 6.45) is 9.39. The average molecular weight is 523 g/mol. The van der Waals surface area contributed by atoms with Gasteiger partial charge in [0.25, 0.3) is 0 Å². The van der Waals surface area contributed by atoms with Crippen LogP contribution in [0.3, 0.4) is 0 Å². The van der Waals surface area contributed by atoms with E-state index in [9.17, 15) is 29.4 Å². The van der Waals surface area contributed by atoms with Crippen LogP contribution in [0.25, 0.3) is 0 Å². The fourth-order valence-electron chi connectivity index (χ4n) is 3.96. The summed E-state index contributed by atoms with van der Waals surface area (Å²) in [4.78, 5) is 41.9. The molecule has 2 aliphatic carbocycles. The number of nitrogens with two attached hydrogens (primary N) is 1. The molecule has 1 amide bonds. The van der Waals surface area contributed by atoms with Gasteiger partial charge in [0.1, 0.15) is 0 Å². The normalized spacial score (nSPS) is 20.3. The quantitative estimate of drug-likeness (QED) is 0.216. The number of carbonyl (C=O) groups is 4. The van der Waals surface area contributed by atoms with Crippen LogP contribution in [-0.4, -0.2) is 86.4 Å². The molecule has 0 aromatic carbocycles.